The van der Waals surface area contributed by atoms with E-state index in [1.54, 1.807) is 11.3 Å². The molecule has 0 amide bonds. The number of hydrogen-bond acceptors (Lipinski definition) is 2. The van der Waals surface area contributed by atoms with E-state index < -0.39 is 0 Å². The van der Waals surface area contributed by atoms with Crippen molar-refractivity contribution in [3.05, 3.63) is 23.5 Å². The van der Waals surface area contributed by atoms with Crippen LogP contribution in [0.1, 0.15) is 26.0 Å². The van der Waals surface area contributed by atoms with Gasteiger partial charge in [-0.3, -0.25) is 4.40 Å². The number of fused-ring (bicyclic) bond motifs is 1. The lowest BCUT2D eigenvalue weighted by atomic mass is 10.1. The van der Waals surface area contributed by atoms with E-state index in [0.29, 0.717) is 10.7 Å². The summed E-state index contributed by atoms with van der Waals surface area (Å²) < 4.78 is 2.10. The molecule has 2 heterocycles. The Labute approximate surface area is 102 Å². The maximum Gasteiger partial charge on any atom is 0.193 e. The normalized spacial score (nSPS) is 13.9. The molecule has 1 unspecified atom stereocenters. The number of imidazole rings is 1. The standard InChI is InChI=1S/C11H15BrN2S/c1-8(2)10(12)4-3-9-7-14-5-6-15-11(14)13-9/h5-8,10H,3-4H2,1-2H3. The van der Waals surface area contributed by atoms with Crippen LogP contribution < -0.4 is 0 Å². The fourth-order valence-electron chi connectivity index (χ4n) is 1.52. The second-order valence-corrected chi connectivity index (χ2v) is 6.17. The number of rotatable bonds is 4. The Bertz CT molecular complexity index is 404. The zero-order chi connectivity index (χ0) is 10.8. The predicted octanol–water partition coefficient (Wildman–Crippen LogP) is 3.75. The largest absolute Gasteiger partial charge is 0.297 e. The van der Waals surface area contributed by atoms with Gasteiger partial charge in [-0.05, 0) is 18.8 Å². The van der Waals surface area contributed by atoms with Gasteiger partial charge in [-0.1, -0.05) is 29.8 Å². The molecular formula is C11H15BrN2S. The van der Waals surface area contributed by atoms with Crippen molar-refractivity contribution < 1.29 is 0 Å². The molecule has 0 bridgehead atoms. The highest BCUT2D eigenvalue weighted by Crippen LogP contribution is 2.19. The Morgan fingerprint density at radius 2 is 2.33 bits per heavy atom. The van der Waals surface area contributed by atoms with Gasteiger partial charge in [0.25, 0.3) is 0 Å². The molecule has 4 heteroatoms. The molecule has 0 spiro atoms. The Morgan fingerprint density at radius 3 is 3.00 bits per heavy atom. The zero-order valence-corrected chi connectivity index (χ0v) is 11.4. The van der Waals surface area contributed by atoms with Crippen LogP contribution in [-0.2, 0) is 6.42 Å². The van der Waals surface area contributed by atoms with E-state index in [-0.39, 0.29) is 0 Å². The van der Waals surface area contributed by atoms with E-state index >= 15 is 0 Å². The molecule has 15 heavy (non-hydrogen) atoms. The van der Waals surface area contributed by atoms with E-state index in [2.05, 4.69) is 56.9 Å². The van der Waals surface area contributed by atoms with Crippen LogP contribution in [-0.4, -0.2) is 14.2 Å². The Morgan fingerprint density at radius 1 is 1.53 bits per heavy atom. The van der Waals surface area contributed by atoms with Crippen molar-refractivity contribution >= 4 is 32.2 Å². The average Bonchev–Trinajstić information content (AvgIpc) is 2.72. The van der Waals surface area contributed by atoms with E-state index in [4.69, 9.17) is 0 Å². The van der Waals surface area contributed by atoms with Crippen LogP contribution in [0.15, 0.2) is 17.8 Å². The number of nitrogens with zero attached hydrogens (tertiary/aromatic N) is 2. The van der Waals surface area contributed by atoms with Crippen LogP contribution in [0.3, 0.4) is 0 Å². The topological polar surface area (TPSA) is 17.3 Å². The summed E-state index contributed by atoms with van der Waals surface area (Å²) in [4.78, 5) is 6.26. The zero-order valence-electron chi connectivity index (χ0n) is 8.98. The summed E-state index contributed by atoms with van der Waals surface area (Å²) in [5.41, 5.74) is 1.20. The number of hydrogen-bond donors (Lipinski definition) is 0. The molecule has 0 radical (unpaired) electrons. The quantitative estimate of drug-likeness (QED) is 0.783. The third-order valence-electron chi connectivity index (χ3n) is 2.54. The number of thiazole rings is 1. The summed E-state index contributed by atoms with van der Waals surface area (Å²) in [5.74, 6) is 0.689. The van der Waals surface area contributed by atoms with Crippen molar-refractivity contribution in [1.82, 2.24) is 9.38 Å². The van der Waals surface area contributed by atoms with Crippen molar-refractivity contribution in [3.63, 3.8) is 0 Å². The monoisotopic (exact) mass is 286 g/mol. The summed E-state index contributed by atoms with van der Waals surface area (Å²) in [7, 11) is 0. The van der Waals surface area contributed by atoms with Gasteiger partial charge in [-0.2, -0.15) is 0 Å². The highest BCUT2D eigenvalue weighted by Gasteiger charge is 2.10. The summed E-state index contributed by atoms with van der Waals surface area (Å²) in [5, 5.41) is 2.06. The average molecular weight is 287 g/mol. The van der Waals surface area contributed by atoms with Gasteiger partial charge in [-0.25, -0.2) is 4.98 Å². The molecule has 0 saturated heterocycles. The highest BCUT2D eigenvalue weighted by molar-refractivity contribution is 9.09. The number of aryl methyl sites for hydroxylation is 1. The fourth-order valence-corrected chi connectivity index (χ4v) is 2.46. The van der Waals surface area contributed by atoms with Gasteiger partial charge in [0.2, 0.25) is 0 Å². The molecule has 0 aliphatic carbocycles. The van der Waals surface area contributed by atoms with Crippen molar-refractivity contribution in [2.45, 2.75) is 31.5 Å². The lowest BCUT2D eigenvalue weighted by Gasteiger charge is -2.11. The Kier molecular flexibility index (Phi) is 3.46. The van der Waals surface area contributed by atoms with E-state index in [1.165, 1.54) is 5.69 Å². The smallest absolute Gasteiger partial charge is 0.193 e. The third kappa shape index (κ3) is 2.61. The van der Waals surface area contributed by atoms with E-state index in [9.17, 15) is 0 Å². The summed E-state index contributed by atoms with van der Waals surface area (Å²) in [6, 6.07) is 0. The molecule has 2 nitrogen and oxygen atoms in total. The van der Waals surface area contributed by atoms with Crippen LogP contribution in [0.4, 0.5) is 0 Å². The molecule has 2 rings (SSSR count). The van der Waals surface area contributed by atoms with E-state index in [0.717, 1.165) is 17.8 Å². The molecule has 0 saturated carbocycles. The molecule has 2 aromatic rings. The van der Waals surface area contributed by atoms with Gasteiger partial charge in [0.1, 0.15) is 0 Å². The van der Waals surface area contributed by atoms with E-state index in [1.807, 2.05) is 0 Å². The SMILES string of the molecule is CC(C)C(Br)CCc1cn2ccsc2n1. The van der Waals surface area contributed by atoms with Crippen LogP contribution in [0.5, 0.6) is 0 Å². The summed E-state index contributed by atoms with van der Waals surface area (Å²) in [6.45, 7) is 4.48. The number of aromatic nitrogens is 2. The second-order valence-electron chi connectivity index (χ2n) is 4.12. The molecular weight excluding hydrogens is 272 g/mol. The molecule has 82 valence electrons. The molecule has 0 aromatic carbocycles. The summed E-state index contributed by atoms with van der Waals surface area (Å²) in [6.07, 6.45) is 6.40. The third-order valence-corrected chi connectivity index (χ3v) is 4.83. The van der Waals surface area contributed by atoms with Crippen LogP contribution in [0.2, 0.25) is 0 Å². The maximum atomic E-state index is 4.56. The van der Waals surface area contributed by atoms with Crippen molar-refractivity contribution in [3.8, 4) is 0 Å². The van der Waals surface area contributed by atoms with Crippen LogP contribution in [0.25, 0.3) is 4.96 Å². The van der Waals surface area contributed by atoms with Gasteiger partial charge in [0.05, 0.1) is 5.69 Å². The first-order valence-electron chi connectivity index (χ1n) is 5.22. The van der Waals surface area contributed by atoms with Crippen molar-refractivity contribution in [2.24, 2.45) is 5.92 Å². The Hall–Kier alpha value is -0.350. The number of halogens is 1. The minimum Gasteiger partial charge on any atom is -0.297 e. The molecule has 0 aliphatic rings. The molecule has 0 N–H and O–H groups in total. The highest BCUT2D eigenvalue weighted by atomic mass is 79.9. The van der Waals surface area contributed by atoms with Gasteiger partial charge < -0.3 is 0 Å². The number of alkyl halides is 1. The second kappa shape index (κ2) is 4.66. The lowest BCUT2D eigenvalue weighted by molar-refractivity contribution is 0.579. The van der Waals surface area contributed by atoms with Gasteiger partial charge in [0, 0.05) is 22.6 Å². The minimum atomic E-state index is 0.595. The molecule has 2 aromatic heterocycles. The first-order valence-corrected chi connectivity index (χ1v) is 7.01. The van der Waals surface area contributed by atoms with Gasteiger partial charge >= 0.3 is 0 Å². The first kappa shape index (κ1) is 11.1. The van der Waals surface area contributed by atoms with Gasteiger partial charge in [-0.15, -0.1) is 11.3 Å². The molecule has 1 atom stereocenters. The van der Waals surface area contributed by atoms with Crippen LogP contribution in [0, 0.1) is 5.92 Å². The molecule has 0 aliphatic heterocycles. The molecule has 0 fully saturated rings. The maximum absolute atomic E-state index is 4.56. The predicted molar refractivity (Wildman–Crippen MR) is 68.9 cm³/mol. The van der Waals surface area contributed by atoms with Gasteiger partial charge in [0.15, 0.2) is 4.96 Å². The fraction of sp³-hybridized carbons (Fsp3) is 0.545. The van der Waals surface area contributed by atoms with Crippen molar-refractivity contribution in [2.75, 3.05) is 0 Å². The lowest BCUT2D eigenvalue weighted by Crippen LogP contribution is -2.08. The Balaban J connectivity index is 1.98. The minimum absolute atomic E-state index is 0.595. The first-order chi connectivity index (χ1) is 7.16. The van der Waals surface area contributed by atoms with Crippen LogP contribution >= 0.6 is 27.3 Å². The summed E-state index contributed by atoms with van der Waals surface area (Å²) >= 11 is 5.39. The van der Waals surface area contributed by atoms with Crippen molar-refractivity contribution in [1.29, 1.82) is 0 Å².